The summed E-state index contributed by atoms with van der Waals surface area (Å²) in [5, 5.41) is 16.3. The van der Waals surface area contributed by atoms with E-state index in [4.69, 9.17) is 16.3 Å². The van der Waals surface area contributed by atoms with Crippen LogP contribution in [0.4, 0.5) is 5.69 Å². The smallest absolute Gasteiger partial charge is 0.313 e. The van der Waals surface area contributed by atoms with Crippen LogP contribution in [0.2, 0.25) is 5.02 Å². The first-order chi connectivity index (χ1) is 15.5. The molecule has 0 aliphatic heterocycles. The Morgan fingerprint density at radius 2 is 1.88 bits per heavy atom. The number of fused-ring (bicyclic) bond motifs is 1. The monoisotopic (exact) mass is 448 g/mol. The zero-order chi connectivity index (χ0) is 22.7. The molecule has 0 fully saturated rings. The van der Waals surface area contributed by atoms with Crippen molar-refractivity contribution in [2.75, 3.05) is 6.61 Å². The zero-order valence-electron chi connectivity index (χ0n) is 16.9. The lowest BCUT2D eigenvalue weighted by atomic mass is 10.2. The average Bonchev–Trinajstić information content (AvgIpc) is 2.80. The van der Waals surface area contributed by atoms with Gasteiger partial charge in [-0.1, -0.05) is 54.1 Å². The van der Waals surface area contributed by atoms with Gasteiger partial charge in [0, 0.05) is 17.2 Å². The Morgan fingerprint density at radius 1 is 1.16 bits per heavy atom. The van der Waals surface area contributed by atoms with Gasteiger partial charge >= 0.3 is 5.69 Å². The maximum absolute atomic E-state index is 13.2. The summed E-state index contributed by atoms with van der Waals surface area (Å²) in [5.74, 6) is 0.336. The van der Waals surface area contributed by atoms with E-state index in [-0.39, 0.29) is 28.6 Å². The quantitative estimate of drug-likeness (QED) is 0.237. The van der Waals surface area contributed by atoms with Crippen molar-refractivity contribution in [3.05, 3.63) is 97.8 Å². The number of nitrogens with zero attached hydrogens (tertiary/aromatic N) is 4. The van der Waals surface area contributed by atoms with Gasteiger partial charge in [-0.3, -0.25) is 14.9 Å². The predicted octanol–water partition coefficient (Wildman–Crippen LogP) is 4.91. The lowest BCUT2D eigenvalue weighted by Crippen LogP contribution is -2.20. The number of rotatable bonds is 6. The molecule has 8 nitrogen and oxygen atoms in total. The molecule has 0 atom stereocenters. The molecule has 4 aromatic rings. The molecular weight excluding hydrogens is 432 g/mol. The van der Waals surface area contributed by atoms with E-state index in [2.05, 4.69) is 10.1 Å². The molecule has 0 saturated carbocycles. The molecule has 3 aromatic carbocycles. The number of para-hydroxylation sites is 1. The van der Waals surface area contributed by atoms with Crippen molar-refractivity contribution >= 4 is 34.4 Å². The standard InChI is InChI=1S/C23H17ClN4O4/c1-2-32-21-18(24)12-15(13-20(21)28(30)31)14-25-27-22(16-8-4-3-5-9-16)26-19-11-7-6-10-17(19)23(27)29/h3-14H,2H2,1H3. The van der Waals surface area contributed by atoms with Gasteiger partial charge in [0.2, 0.25) is 5.75 Å². The molecule has 0 aliphatic rings. The molecular formula is C23H17ClN4O4. The lowest BCUT2D eigenvalue weighted by molar-refractivity contribution is -0.385. The van der Waals surface area contributed by atoms with Crippen LogP contribution in [0.25, 0.3) is 22.3 Å². The molecule has 32 heavy (non-hydrogen) atoms. The summed E-state index contributed by atoms with van der Waals surface area (Å²) in [4.78, 5) is 28.7. The van der Waals surface area contributed by atoms with Crippen LogP contribution >= 0.6 is 11.6 Å². The molecule has 0 N–H and O–H groups in total. The van der Waals surface area contributed by atoms with Crippen LogP contribution in [-0.4, -0.2) is 27.4 Å². The van der Waals surface area contributed by atoms with E-state index in [1.807, 2.05) is 30.3 Å². The minimum Gasteiger partial charge on any atom is -0.486 e. The van der Waals surface area contributed by atoms with Crippen molar-refractivity contribution in [2.45, 2.75) is 6.92 Å². The minimum atomic E-state index is -0.576. The van der Waals surface area contributed by atoms with Crippen molar-refractivity contribution in [2.24, 2.45) is 5.10 Å². The molecule has 0 spiro atoms. The number of halogens is 1. The van der Waals surface area contributed by atoms with Crippen molar-refractivity contribution in [3.63, 3.8) is 0 Å². The number of hydrogen-bond acceptors (Lipinski definition) is 6. The molecule has 0 bridgehead atoms. The second-order valence-electron chi connectivity index (χ2n) is 6.72. The fourth-order valence-electron chi connectivity index (χ4n) is 3.23. The number of aromatic nitrogens is 2. The highest BCUT2D eigenvalue weighted by molar-refractivity contribution is 6.32. The van der Waals surface area contributed by atoms with Crippen LogP contribution in [0.1, 0.15) is 12.5 Å². The Morgan fingerprint density at radius 3 is 2.59 bits per heavy atom. The second kappa shape index (κ2) is 8.99. The Hall–Kier alpha value is -4.04. The largest absolute Gasteiger partial charge is 0.486 e. The first-order valence-electron chi connectivity index (χ1n) is 9.72. The maximum Gasteiger partial charge on any atom is 0.313 e. The minimum absolute atomic E-state index is 0.00849. The predicted molar refractivity (Wildman–Crippen MR) is 124 cm³/mol. The normalized spacial score (nSPS) is 11.2. The first-order valence-corrected chi connectivity index (χ1v) is 10.1. The van der Waals surface area contributed by atoms with Crippen LogP contribution in [0.5, 0.6) is 5.75 Å². The van der Waals surface area contributed by atoms with Gasteiger partial charge in [-0.05, 0) is 25.1 Å². The summed E-state index contributed by atoms with van der Waals surface area (Å²) in [6.07, 6.45) is 1.33. The molecule has 0 saturated heterocycles. The van der Waals surface area contributed by atoms with Crippen LogP contribution in [0, 0.1) is 10.1 Å². The maximum atomic E-state index is 13.2. The van der Waals surface area contributed by atoms with E-state index in [1.165, 1.54) is 23.0 Å². The van der Waals surface area contributed by atoms with Gasteiger partial charge in [0.1, 0.15) is 0 Å². The summed E-state index contributed by atoms with van der Waals surface area (Å²) in [5.41, 5.74) is 0.931. The van der Waals surface area contributed by atoms with Gasteiger partial charge in [0.15, 0.2) is 5.82 Å². The van der Waals surface area contributed by atoms with Gasteiger partial charge in [0.25, 0.3) is 5.56 Å². The average molecular weight is 449 g/mol. The highest BCUT2D eigenvalue weighted by atomic mass is 35.5. The lowest BCUT2D eigenvalue weighted by Gasteiger charge is -2.10. The molecule has 4 rings (SSSR count). The third-order valence-corrected chi connectivity index (χ3v) is 4.92. The third-order valence-electron chi connectivity index (χ3n) is 4.64. The summed E-state index contributed by atoms with van der Waals surface area (Å²) in [6, 6.07) is 18.9. The fraction of sp³-hybridized carbons (Fsp3) is 0.0870. The van der Waals surface area contributed by atoms with E-state index in [0.717, 1.165) is 0 Å². The van der Waals surface area contributed by atoms with Crippen molar-refractivity contribution in [1.82, 2.24) is 9.66 Å². The van der Waals surface area contributed by atoms with Crippen LogP contribution in [0.3, 0.4) is 0 Å². The molecule has 1 aromatic heterocycles. The molecule has 0 unspecified atom stereocenters. The van der Waals surface area contributed by atoms with Gasteiger partial charge in [-0.25, -0.2) is 4.98 Å². The molecule has 9 heteroatoms. The van der Waals surface area contributed by atoms with Gasteiger partial charge in [0.05, 0.1) is 33.7 Å². The number of hydrogen-bond donors (Lipinski definition) is 0. The van der Waals surface area contributed by atoms with E-state index in [9.17, 15) is 14.9 Å². The Labute approximate surface area is 187 Å². The van der Waals surface area contributed by atoms with Gasteiger partial charge < -0.3 is 4.74 Å². The molecule has 1 heterocycles. The molecule has 160 valence electrons. The van der Waals surface area contributed by atoms with Crippen molar-refractivity contribution in [3.8, 4) is 17.1 Å². The van der Waals surface area contributed by atoms with Gasteiger partial charge in [-0.15, -0.1) is 0 Å². The number of nitro groups is 1. The summed E-state index contributed by atoms with van der Waals surface area (Å²) >= 11 is 6.20. The summed E-state index contributed by atoms with van der Waals surface area (Å²) < 4.78 is 6.48. The number of ether oxygens (including phenoxy) is 1. The topological polar surface area (TPSA) is 99.6 Å². The van der Waals surface area contributed by atoms with Crippen LogP contribution in [0.15, 0.2) is 76.6 Å². The van der Waals surface area contributed by atoms with Crippen molar-refractivity contribution in [1.29, 1.82) is 0 Å². The molecule has 0 aliphatic carbocycles. The van der Waals surface area contributed by atoms with E-state index >= 15 is 0 Å². The van der Waals surface area contributed by atoms with Crippen molar-refractivity contribution < 1.29 is 9.66 Å². The van der Waals surface area contributed by atoms with Gasteiger partial charge in [-0.2, -0.15) is 9.78 Å². The Balaban J connectivity index is 1.88. The summed E-state index contributed by atoms with van der Waals surface area (Å²) in [6.45, 7) is 1.94. The van der Waals surface area contributed by atoms with E-state index < -0.39 is 4.92 Å². The van der Waals surface area contributed by atoms with Crippen LogP contribution in [-0.2, 0) is 0 Å². The SMILES string of the molecule is CCOc1c(Cl)cc(C=Nn2c(-c3ccccc3)nc3ccccc3c2=O)cc1[N+](=O)[O-]. The van der Waals surface area contributed by atoms with E-state index in [1.54, 1.807) is 31.2 Å². The summed E-state index contributed by atoms with van der Waals surface area (Å²) in [7, 11) is 0. The molecule has 0 amide bonds. The fourth-order valence-corrected chi connectivity index (χ4v) is 3.50. The highest BCUT2D eigenvalue weighted by Crippen LogP contribution is 2.35. The number of nitro benzene ring substituents is 1. The zero-order valence-corrected chi connectivity index (χ0v) is 17.7. The first kappa shape index (κ1) is 21.2. The Bertz CT molecular complexity index is 1400. The highest BCUT2D eigenvalue weighted by Gasteiger charge is 2.20. The number of benzene rings is 3. The second-order valence-corrected chi connectivity index (χ2v) is 7.13. The Kier molecular flexibility index (Phi) is 5.96. The third kappa shape index (κ3) is 4.08. The van der Waals surface area contributed by atoms with E-state index in [0.29, 0.717) is 27.9 Å². The van der Waals surface area contributed by atoms with Crippen LogP contribution < -0.4 is 10.3 Å². The molecule has 0 radical (unpaired) electrons.